The first-order valence-corrected chi connectivity index (χ1v) is 46.0. The third-order valence-electron chi connectivity index (χ3n) is 21.9. The van der Waals surface area contributed by atoms with Gasteiger partial charge in [-0.25, -0.2) is 88.1 Å². The zero-order valence-electron chi connectivity index (χ0n) is 73.0. The predicted octanol–water partition coefficient (Wildman–Crippen LogP) is 7.72. The van der Waals surface area contributed by atoms with Gasteiger partial charge in [-0.3, -0.25) is 62.1 Å². The summed E-state index contributed by atoms with van der Waals surface area (Å²) in [7, 11) is -1.61. The number of amides is 14. The Bertz CT molecular complexity index is 6320. The summed E-state index contributed by atoms with van der Waals surface area (Å²) in [6.45, 7) is 1.15. The number of hydrogen-bond acceptors (Lipinski definition) is 23. The summed E-state index contributed by atoms with van der Waals surface area (Å²) in [4.78, 5) is 154. The number of benzene rings is 4. The summed E-state index contributed by atoms with van der Waals surface area (Å²) in [6, 6.07) is 13.5. The minimum absolute atomic E-state index is 0.0283. The van der Waals surface area contributed by atoms with Crippen molar-refractivity contribution in [2.75, 3.05) is 115 Å². The van der Waals surface area contributed by atoms with Crippen LogP contribution in [-0.4, -0.2) is 285 Å². The van der Waals surface area contributed by atoms with E-state index >= 15 is 0 Å². The highest BCUT2D eigenvalue weighted by Gasteiger charge is 2.45. The molecule has 58 heteroatoms. The molecule has 0 saturated heterocycles. The third-order valence-corrected chi connectivity index (χ3v) is 25.2. The van der Waals surface area contributed by atoms with E-state index < -0.39 is 152 Å². The minimum atomic E-state index is -5.05. The molecule has 137 heavy (non-hydrogen) atoms. The lowest BCUT2D eigenvalue weighted by Crippen LogP contribution is -2.44. The van der Waals surface area contributed by atoms with Crippen LogP contribution in [0.2, 0.25) is 20.1 Å². The number of anilines is 4. The molecule has 0 saturated carbocycles. The number of alkyl halides is 5. The Labute approximate surface area is 792 Å². The van der Waals surface area contributed by atoms with Gasteiger partial charge in [0.05, 0.1) is 115 Å². The first-order chi connectivity index (χ1) is 64.5. The molecule has 8 aliphatic heterocycles. The topological polar surface area (TPSA) is 479 Å². The summed E-state index contributed by atoms with van der Waals surface area (Å²) in [5.41, 5.74) is 6.92. The van der Waals surface area contributed by atoms with Crippen molar-refractivity contribution < 1.29 is 128 Å². The van der Waals surface area contributed by atoms with Crippen molar-refractivity contribution >= 4 is 149 Å². The van der Waals surface area contributed by atoms with Gasteiger partial charge in [-0.15, -0.1) is 0 Å². The van der Waals surface area contributed by atoms with Gasteiger partial charge in [-0.1, -0.05) is 46.4 Å². The van der Waals surface area contributed by atoms with Crippen LogP contribution in [-0.2, 0) is 127 Å². The molecular weight excluding hydrogens is 1970 g/mol. The molecule has 4 unspecified atom stereocenters. The Hall–Kier alpha value is -12.4. The number of urea groups is 4. The Morgan fingerprint density at radius 2 is 0.679 bits per heavy atom. The van der Waals surface area contributed by atoms with Crippen molar-refractivity contribution in [1.82, 2.24) is 99.1 Å². The number of rotatable bonds is 15. The van der Waals surface area contributed by atoms with Crippen molar-refractivity contribution in [3.63, 3.8) is 0 Å². The summed E-state index contributed by atoms with van der Waals surface area (Å²) >= 11 is 23.1. The highest BCUT2D eigenvalue weighted by molar-refractivity contribution is 7.90. The number of carbonyl (C=O) groups is 10. The second-order valence-electron chi connectivity index (χ2n) is 31.7. The van der Waals surface area contributed by atoms with Crippen molar-refractivity contribution in [2.45, 2.75) is 121 Å². The molecule has 4 atom stereocenters. The molecule has 43 nitrogen and oxygen atoms in total. The number of carbonyl (C=O) groups excluding carboxylic acids is 10. The number of nitrogens with one attached hydrogen (secondary N) is 8. The van der Waals surface area contributed by atoms with Gasteiger partial charge in [-0.05, 0) is 72.8 Å². The molecule has 8 N–H and O–H groups in total. The van der Waals surface area contributed by atoms with Gasteiger partial charge in [0, 0.05) is 152 Å². The molecule has 0 aliphatic carbocycles. The number of hydrogen-bond donors (Lipinski definition) is 8. The third kappa shape index (κ3) is 24.2. The van der Waals surface area contributed by atoms with Crippen LogP contribution >= 0.6 is 46.4 Å². The average molecular weight is 2050 g/mol. The molecule has 0 bridgehead atoms. The SMILES string of the molecule is CN1OC(CNC(=O)C(F)(F)F)Cn2nc3c(c2C1=O)CN(C(=O)Nc1ccc(F)c(Cl)c1)CC3.CN1OC(CNS(=O)(=O)C(C)(F)F)Cn2nc3c(c2C1=O)CN(C(=O)Nc1ccc(F)c(Cl)c1)CC3.CN1OC(CNS(C)(=O)=O)Cn2nc3c(c2C1=O)CN(C(=O)Nc1ccc(F)c(Cl)c1)CC3.COC(=O)NCC1Cn2nc3c(c2C(=O)N(C)O1)CN(C(=O)Nc1ccc(F)c(Cl)c1)CC3. The van der Waals surface area contributed by atoms with Crippen LogP contribution in [0.4, 0.5) is 86.2 Å². The van der Waals surface area contributed by atoms with Crippen LogP contribution in [0.15, 0.2) is 72.8 Å². The van der Waals surface area contributed by atoms with Crippen molar-refractivity contribution in [3.8, 4) is 0 Å². The number of aromatic nitrogens is 8. The van der Waals surface area contributed by atoms with Crippen LogP contribution in [0.25, 0.3) is 0 Å². The van der Waals surface area contributed by atoms with E-state index in [-0.39, 0.29) is 134 Å². The van der Waals surface area contributed by atoms with E-state index in [0.29, 0.717) is 95.2 Å². The van der Waals surface area contributed by atoms with E-state index in [1.807, 2.05) is 0 Å². The van der Waals surface area contributed by atoms with Gasteiger partial charge in [0.2, 0.25) is 10.0 Å². The fraction of sp³-hybridized carbons (Fsp3) is 0.418. The highest BCUT2D eigenvalue weighted by Crippen LogP contribution is 2.35. The smallest absolute Gasteiger partial charge is 0.453 e. The van der Waals surface area contributed by atoms with E-state index in [0.717, 1.165) is 50.4 Å². The second kappa shape index (κ2) is 41.9. The first-order valence-electron chi connectivity index (χ1n) is 41.1. The zero-order chi connectivity index (χ0) is 99.5. The normalized spacial score (nSPS) is 18.2. The number of hydroxylamine groups is 8. The molecule has 12 heterocycles. The van der Waals surface area contributed by atoms with Crippen LogP contribution in [0.5, 0.6) is 0 Å². The number of alkyl carbamates (subject to hydrolysis) is 1. The Balaban J connectivity index is 0.000000154. The van der Waals surface area contributed by atoms with Gasteiger partial charge in [0.15, 0.2) is 0 Å². The number of halogens is 13. The van der Waals surface area contributed by atoms with Gasteiger partial charge < -0.3 is 56.2 Å². The molecule has 8 aliphatic rings. The van der Waals surface area contributed by atoms with E-state index in [4.69, 9.17) is 65.8 Å². The molecule has 16 rings (SSSR count). The maximum atomic E-state index is 13.4. The summed E-state index contributed by atoms with van der Waals surface area (Å²) < 4.78 is 178. The maximum absolute atomic E-state index is 13.4. The molecule has 0 fully saturated rings. The van der Waals surface area contributed by atoms with Gasteiger partial charge in [0.1, 0.15) is 70.5 Å². The Morgan fingerprint density at radius 3 is 0.920 bits per heavy atom. The van der Waals surface area contributed by atoms with Crippen molar-refractivity contribution in [2.24, 2.45) is 0 Å². The predicted molar refractivity (Wildman–Crippen MR) is 465 cm³/mol. The molecule has 4 aromatic carbocycles. The summed E-state index contributed by atoms with van der Waals surface area (Å²) in [6.07, 6.45) is -6.32. The quantitative estimate of drug-likeness (QED) is 0.0455. The molecule has 0 spiro atoms. The average Bonchev–Trinajstić information content (AvgIpc) is 1.63. The fourth-order valence-electron chi connectivity index (χ4n) is 15.1. The molecule has 4 aromatic heterocycles. The second-order valence-corrected chi connectivity index (χ2v) is 37.2. The molecule has 0 radical (unpaired) electrons. The largest absolute Gasteiger partial charge is 0.471 e. The zero-order valence-corrected chi connectivity index (χ0v) is 77.7. The number of nitrogens with zero attached hydrogens (tertiary/aromatic N) is 16. The maximum Gasteiger partial charge on any atom is 0.471 e. The lowest BCUT2D eigenvalue weighted by atomic mass is 10.1. The molecule has 14 amide bonds. The van der Waals surface area contributed by atoms with Crippen LogP contribution < -0.4 is 41.3 Å². The van der Waals surface area contributed by atoms with Gasteiger partial charge in [0.25, 0.3) is 33.7 Å². The highest BCUT2D eigenvalue weighted by atomic mass is 35.5. The summed E-state index contributed by atoms with van der Waals surface area (Å²) in [5.74, 6) is -6.59. The lowest BCUT2D eigenvalue weighted by Gasteiger charge is -2.27. The van der Waals surface area contributed by atoms with Crippen LogP contribution in [0.3, 0.4) is 0 Å². The standard InChI is InChI=1S/C20H19ClF4N6O4.C20H22ClF3N6O5S.C20H22ClFN6O5.C19H22ClFN6O5S/c1-29-17(32)16-12-9-30(19(34)27-10-2-3-14(22)13(21)6-10)5-4-15(12)28-31(16)8-11(35-29)7-26-18(33)20(23,24)25;1-20(23,24)36(33,34)25-8-12-9-30-17(18(31)28(2)35-12)13-10-29(6-5-16(13)27-30)19(32)26-11-3-4-15(22)14(21)7-11;1-26-18(29)17-13-10-27(19(30)24-11-3-4-15(22)14(21)7-11)6-5-16(13)25-28(17)9-12(33-26)8-23-20(31)32-2;1-25-18(28)17-13-10-26(19(29)23-11-3-4-15(21)14(20)7-11)6-5-16(13)24-27(17)9-12(32-25)8-22-33(2,30)31/h2-3,6,11H,4-5,7-9H2,1H3,(H,26,33)(H,27,34);3-4,7,12,25H,5-6,8-10H2,1-2H3,(H,26,32);3-4,7,12H,5-6,8-10H2,1-2H3,(H,23,31)(H,24,30);3-4,7,12,22H,5-6,8-10H2,1-2H3,(H,23,29). The van der Waals surface area contributed by atoms with E-state index in [2.05, 4.69) is 56.4 Å². The van der Waals surface area contributed by atoms with Gasteiger partial charge >= 0.3 is 47.6 Å². The molecular formula is C79H85Cl4F9N24O19S2. The molecule has 8 aromatic rings. The lowest BCUT2D eigenvalue weighted by molar-refractivity contribution is -0.177. The van der Waals surface area contributed by atoms with Gasteiger partial charge in [-0.2, -0.15) is 42.3 Å². The number of sulfonamides is 2. The van der Waals surface area contributed by atoms with Crippen LogP contribution in [0.1, 0.15) is 93.9 Å². The Morgan fingerprint density at radius 1 is 0.423 bits per heavy atom. The minimum Gasteiger partial charge on any atom is -0.453 e. The Kier molecular flexibility index (Phi) is 31.2. The fourth-order valence-corrected chi connectivity index (χ4v) is 17.0. The van der Waals surface area contributed by atoms with Crippen molar-refractivity contribution in [1.29, 1.82) is 0 Å². The van der Waals surface area contributed by atoms with Crippen molar-refractivity contribution in [3.05, 3.63) is 184 Å². The number of methoxy groups -OCH3 is 1. The monoisotopic (exact) mass is 2050 g/mol. The summed E-state index contributed by atoms with van der Waals surface area (Å²) in [5, 5.41) is 32.2. The van der Waals surface area contributed by atoms with E-state index in [9.17, 15) is 104 Å². The first kappa shape index (κ1) is 102. The number of ether oxygens (including phenoxy) is 1. The van der Waals surface area contributed by atoms with E-state index in [1.165, 1.54) is 124 Å². The van der Waals surface area contributed by atoms with E-state index in [1.54, 1.807) is 14.7 Å². The molecule has 738 valence electrons. The van der Waals surface area contributed by atoms with Crippen LogP contribution in [0, 0.1) is 23.3 Å². The number of fused-ring (bicyclic) bond motifs is 12.